The van der Waals surface area contributed by atoms with E-state index in [1.54, 1.807) is 6.07 Å². The van der Waals surface area contributed by atoms with Gasteiger partial charge in [0.15, 0.2) is 0 Å². The largest absolute Gasteiger partial charge is 0.465 e. The SMILES string of the molecule is COC(=O)c1cc(Cl)sc1Br. The fourth-order valence-corrected chi connectivity index (χ4v) is 2.61. The minimum Gasteiger partial charge on any atom is -0.465 e. The molecule has 0 aromatic carbocycles. The Hall–Kier alpha value is -0.0600. The second-order valence-electron chi connectivity index (χ2n) is 1.73. The molecule has 0 saturated carbocycles. The zero-order valence-electron chi connectivity index (χ0n) is 5.56. The summed E-state index contributed by atoms with van der Waals surface area (Å²) in [4.78, 5) is 10.9. The van der Waals surface area contributed by atoms with Crippen molar-refractivity contribution in [2.75, 3.05) is 7.11 Å². The van der Waals surface area contributed by atoms with Gasteiger partial charge in [-0.05, 0) is 22.0 Å². The van der Waals surface area contributed by atoms with Gasteiger partial charge in [-0.1, -0.05) is 11.6 Å². The summed E-state index contributed by atoms with van der Waals surface area (Å²) >= 11 is 10.1. The molecule has 0 bridgehead atoms. The van der Waals surface area contributed by atoms with E-state index < -0.39 is 0 Å². The van der Waals surface area contributed by atoms with Crippen molar-refractivity contribution in [2.24, 2.45) is 0 Å². The van der Waals surface area contributed by atoms with Crippen molar-refractivity contribution in [1.82, 2.24) is 0 Å². The fourth-order valence-electron chi connectivity index (χ4n) is 0.589. The van der Waals surface area contributed by atoms with Crippen LogP contribution in [0.3, 0.4) is 0 Å². The number of esters is 1. The average Bonchev–Trinajstić information content (AvgIpc) is 2.28. The molecule has 0 fully saturated rings. The maximum absolute atomic E-state index is 10.9. The highest BCUT2D eigenvalue weighted by Gasteiger charge is 2.13. The van der Waals surface area contributed by atoms with Gasteiger partial charge in [-0.15, -0.1) is 11.3 Å². The van der Waals surface area contributed by atoms with Crippen LogP contribution in [0.5, 0.6) is 0 Å². The number of hydrogen-bond acceptors (Lipinski definition) is 3. The van der Waals surface area contributed by atoms with Crippen molar-refractivity contribution in [1.29, 1.82) is 0 Å². The van der Waals surface area contributed by atoms with Crippen LogP contribution < -0.4 is 0 Å². The van der Waals surface area contributed by atoms with E-state index >= 15 is 0 Å². The summed E-state index contributed by atoms with van der Waals surface area (Å²) in [7, 11) is 1.33. The van der Waals surface area contributed by atoms with E-state index in [1.807, 2.05) is 0 Å². The van der Waals surface area contributed by atoms with Crippen LogP contribution >= 0.6 is 38.9 Å². The molecule has 2 nitrogen and oxygen atoms in total. The fraction of sp³-hybridized carbons (Fsp3) is 0.167. The summed E-state index contributed by atoms with van der Waals surface area (Å²) in [5.74, 6) is -0.375. The van der Waals surface area contributed by atoms with E-state index in [2.05, 4.69) is 20.7 Å². The molecule has 0 unspecified atom stereocenters. The molecule has 60 valence electrons. The Morgan fingerprint density at radius 1 is 1.82 bits per heavy atom. The third-order valence-corrected chi connectivity index (χ3v) is 3.03. The Morgan fingerprint density at radius 2 is 2.45 bits per heavy atom. The van der Waals surface area contributed by atoms with E-state index in [0.29, 0.717) is 13.7 Å². The molecule has 5 heteroatoms. The summed E-state index contributed by atoms with van der Waals surface area (Å²) in [5, 5.41) is 0. The first-order chi connectivity index (χ1) is 5.15. The van der Waals surface area contributed by atoms with E-state index in [4.69, 9.17) is 11.6 Å². The third kappa shape index (κ3) is 1.95. The second kappa shape index (κ2) is 3.56. The van der Waals surface area contributed by atoms with Crippen LogP contribution in [0.25, 0.3) is 0 Å². The smallest absolute Gasteiger partial charge is 0.339 e. The minimum atomic E-state index is -0.375. The Morgan fingerprint density at radius 3 is 2.82 bits per heavy atom. The summed E-state index contributed by atoms with van der Waals surface area (Å²) in [6.45, 7) is 0. The molecule has 11 heavy (non-hydrogen) atoms. The highest BCUT2D eigenvalue weighted by molar-refractivity contribution is 9.11. The van der Waals surface area contributed by atoms with Gasteiger partial charge in [0.2, 0.25) is 0 Å². The monoisotopic (exact) mass is 254 g/mol. The van der Waals surface area contributed by atoms with Crippen LogP contribution in [0.2, 0.25) is 4.34 Å². The quantitative estimate of drug-likeness (QED) is 0.721. The zero-order chi connectivity index (χ0) is 8.43. The van der Waals surface area contributed by atoms with Crippen LogP contribution in [0.4, 0.5) is 0 Å². The molecular weight excluding hydrogens is 251 g/mol. The molecular formula is C6H4BrClO2S. The topological polar surface area (TPSA) is 26.3 Å². The van der Waals surface area contributed by atoms with Gasteiger partial charge in [-0.3, -0.25) is 0 Å². The van der Waals surface area contributed by atoms with Gasteiger partial charge in [0, 0.05) is 0 Å². The predicted octanol–water partition coefficient (Wildman–Crippen LogP) is 2.95. The molecule has 0 atom stereocenters. The molecule has 1 aromatic heterocycles. The summed E-state index contributed by atoms with van der Waals surface area (Å²) in [5.41, 5.74) is 0.475. The lowest BCUT2D eigenvalue weighted by atomic mass is 10.3. The number of methoxy groups -OCH3 is 1. The Balaban J connectivity index is 3.03. The number of hydrogen-bond donors (Lipinski definition) is 0. The van der Waals surface area contributed by atoms with Crippen LogP contribution in [-0.4, -0.2) is 13.1 Å². The van der Waals surface area contributed by atoms with Gasteiger partial charge in [0.1, 0.15) is 0 Å². The van der Waals surface area contributed by atoms with Gasteiger partial charge in [0.25, 0.3) is 0 Å². The standard InChI is InChI=1S/C6H4BrClO2S/c1-10-6(9)3-2-4(8)11-5(3)7/h2H,1H3. The number of carbonyl (C=O) groups is 1. The minimum absolute atomic E-state index is 0.375. The highest BCUT2D eigenvalue weighted by Crippen LogP contribution is 2.31. The number of ether oxygens (including phenoxy) is 1. The van der Waals surface area contributed by atoms with Crippen molar-refractivity contribution < 1.29 is 9.53 Å². The van der Waals surface area contributed by atoms with Crippen LogP contribution in [0.1, 0.15) is 10.4 Å². The lowest BCUT2D eigenvalue weighted by molar-refractivity contribution is 0.0600. The Labute approximate surface area is 81.2 Å². The molecule has 0 radical (unpaired) electrons. The van der Waals surface area contributed by atoms with Crippen molar-refractivity contribution >= 4 is 44.8 Å². The van der Waals surface area contributed by atoms with Crippen LogP contribution in [0.15, 0.2) is 9.85 Å². The van der Waals surface area contributed by atoms with Crippen molar-refractivity contribution in [3.8, 4) is 0 Å². The second-order valence-corrected chi connectivity index (χ2v) is 4.73. The van der Waals surface area contributed by atoms with Gasteiger partial charge in [-0.25, -0.2) is 4.79 Å². The normalized spacial score (nSPS) is 9.73. The first-order valence-corrected chi connectivity index (χ1v) is 4.67. The van der Waals surface area contributed by atoms with E-state index in [9.17, 15) is 4.79 Å². The Kier molecular flexibility index (Phi) is 2.92. The van der Waals surface area contributed by atoms with E-state index in [1.165, 1.54) is 18.4 Å². The number of halogens is 2. The maximum atomic E-state index is 10.9. The van der Waals surface area contributed by atoms with E-state index in [-0.39, 0.29) is 5.97 Å². The molecule has 0 aliphatic heterocycles. The molecule has 1 aromatic rings. The van der Waals surface area contributed by atoms with Gasteiger partial charge in [-0.2, -0.15) is 0 Å². The molecule has 0 amide bonds. The number of thiophene rings is 1. The molecule has 0 N–H and O–H groups in total. The molecule has 0 aliphatic carbocycles. The molecule has 1 rings (SSSR count). The Bertz CT molecular complexity index is 284. The molecule has 0 spiro atoms. The van der Waals surface area contributed by atoms with Gasteiger partial charge >= 0.3 is 5.97 Å². The summed E-state index contributed by atoms with van der Waals surface area (Å²) < 4.78 is 5.78. The lowest BCUT2D eigenvalue weighted by Crippen LogP contribution is -1.99. The van der Waals surface area contributed by atoms with E-state index in [0.717, 1.165) is 0 Å². The summed E-state index contributed by atoms with van der Waals surface area (Å²) in [6, 6.07) is 1.57. The average molecular weight is 256 g/mol. The number of carbonyl (C=O) groups excluding carboxylic acids is 1. The zero-order valence-corrected chi connectivity index (χ0v) is 8.72. The van der Waals surface area contributed by atoms with Crippen LogP contribution in [-0.2, 0) is 4.74 Å². The lowest BCUT2D eigenvalue weighted by Gasteiger charge is -1.93. The first-order valence-electron chi connectivity index (χ1n) is 2.68. The third-order valence-electron chi connectivity index (χ3n) is 1.06. The van der Waals surface area contributed by atoms with Crippen molar-refractivity contribution in [2.45, 2.75) is 0 Å². The van der Waals surface area contributed by atoms with Crippen LogP contribution in [0, 0.1) is 0 Å². The first kappa shape index (κ1) is 9.03. The molecule has 0 aliphatic rings. The van der Waals surface area contributed by atoms with Gasteiger partial charge in [0.05, 0.1) is 20.8 Å². The summed E-state index contributed by atoms with van der Waals surface area (Å²) in [6.07, 6.45) is 0. The van der Waals surface area contributed by atoms with Gasteiger partial charge < -0.3 is 4.74 Å². The maximum Gasteiger partial charge on any atom is 0.339 e. The molecule has 0 saturated heterocycles. The van der Waals surface area contributed by atoms with Crippen molar-refractivity contribution in [3.05, 3.63) is 19.8 Å². The highest BCUT2D eigenvalue weighted by atomic mass is 79.9. The molecule has 1 heterocycles. The predicted molar refractivity (Wildman–Crippen MR) is 48.4 cm³/mol. The van der Waals surface area contributed by atoms with Crippen molar-refractivity contribution in [3.63, 3.8) is 0 Å². The number of rotatable bonds is 1.